The molecule has 0 atom stereocenters. The molecule has 6 aromatic rings. The van der Waals surface area contributed by atoms with Crippen LogP contribution in [-0.2, 0) is 27.9 Å². The number of benzene rings is 6. The average Bonchev–Trinajstić information content (AvgIpc) is 3.30. The molecule has 0 unspecified atom stereocenters. The van der Waals surface area contributed by atoms with E-state index in [1.165, 1.54) is 0 Å². The summed E-state index contributed by atoms with van der Waals surface area (Å²) in [6.45, 7) is 17.2. The summed E-state index contributed by atoms with van der Waals surface area (Å²) in [5.74, 6) is 2.18. The first kappa shape index (κ1) is 50.3. The topological polar surface area (TPSA) is 83.6 Å². The quantitative estimate of drug-likeness (QED) is 0.0389. The third kappa shape index (κ3) is 15.4. The summed E-state index contributed by atoms with van der Waals surface area (Å²) < 4.78 is 11.4. The molecule has 0 aliphatic rings. The van der Waals surface area contributed by atoms with Gasteiger partial charge in [0.2, 0.25) is 0 Å². The molecule has 6 rings (SSSR count). The molecule has 9 heteroatoms. The van der Waals surface area contributed by atoms with E-state index in [4.69, 9.17) is 28.1 Å². The van der Waals surface area contributed by atoms with Crippen molar-refractivity contribution in [3.63, 3.8) is 0 Å². The standard InChI is InChI=1S/2C27H29NO2.2ClH.Ti/c2*1-4-5-9-19-30-24-17-15-23(16-18-24)28-20-21-11-10-14-25(26(21)29)27(2,3)22-12-7-6-8-13-22;;;/h2*4,6-8,10-18,20,29H,1,5,9,19H2,2-3H3;2*1H;/q;;;;+2/p-2. The Morgan fingerprint density at radius 2 is 0.873 bits per heavy atom. The van der Waals surface area contributed by atoms with Gasteiger partial charge in [0, 0.05) is 45.5 Å². The van der Waals surface area contributed by atoms with E-state index in [-0.39, 0.29) is 22.3 Å². The molecule has 0 aliphatic heterocycles. The Hall–Kier alpha value is -5.37. The number of nitrogens with zero attached hydrogens (tertiary/aromatic N) is 2. The van der Waals surface area contributed by atoms with E-state index >= 15 is 0 Å². The first-order chi connectivity index (χ1) is 30.5. The predicted molar refractivity (Wildman–Crippen MR) is 262 cm³/mol. The molecule has 326 valence electrons. The van der Waals surface area contributed by atoms with Crippen LogP contribution in [0.2, 0.25) is 0 Å². The summed E-state index contributed by atoms with van der Waals surface area (Å²) in [6, 6.07) is 47.3. The predicted octanol–water partition coefficient (Wildman–Crippen LogP) is 15.0. The van der Waals surface area contributed by atoms with Gasteiger partial charge in [0.1, 0.15) is 23.0 Å². The van der Waals surface area contributed by atoms with Gasteiger partial charge in [0.25, 0.3) is 0 Å². The summed E-state index contributed by atoms with van der Waals surface area (Å²) in [6.07, 6.45) is 11.0. The van der Waals surface area contributed by atoms with Gasteiger partial charge >= 0.3 is 35.6 Å². The van der Waals surface area contributed by atoms with E-state index in [1.54, 1.807) is 12.4 Å². The van der Waals surface area contributed by atoms with Crippen LogP contribution in [0.25, 0.3) is 0 Å². The number of halogens is 2. The van der Waals surface area contributed by atoms with E-state index in [0.717, 1.165) is 70.8 Å². The number of ether oxygens (including phenoxy) is 2. The van der Waals surface area contributed by atoms with Gasteiger partial charge in [-0.2, -0.15) is 0 Å². The number of phenols is 2. The molecule has 2 N–H and O–H groups in total. The number of hydrogen-bond acceptors (Lipinski definition) is 6. The molecule has 63 heavy (non-hydrogen) atoms. The van der Waals surface area contributed by atoms with Crippen LogP contribution in [0.5, 0.6) is 23.0 Å². The Morgan fingerprint density at radius 3 is 1.21 bits per heavy atom. The van der Waals surface area contributed by atoms with Gasteiger partial charge in [-0.05, 0) is 97.5 Å². The molecule has 0 fully saturated rings. The van der Waals surface area contributed by atoms with Crippen LogP contribution in [-0.4, -0.2) is 35.9 Å². The normalized spacial score (nSPS) is 11.2. The molecule has 6 nitrogen and oxygen atoms in total. The number of aliphatic imine (C=N–C) groups is 2. The maximum absolute atomic E-state index is 10.9. The van der Waals surface area contributed by atoms with Gasteiger partial charge in [-0.1, -0.05) is 125 Å². The third-order valence-electron chi connectivity index (χ3n) is 10.5. The van der Waals surface area contributed by atoms with E-state index in [1.807, 2.05) is 133 Å². The van der Waals surface area contributed by atoms with E-state index in [0.29, 0.717) is 24.3 Å². The van der Waals surface area contributed by atoms with Gasteiger partial charge < -0.3 is 19.7 Å². The second kappa shape index (κ2) is 26.3. The minimum absolute atomic E-state index is 0.261. The van der Waals surface area contributed by atoms with Crippen molar-refractivity contribution in [2.45, 2.75) is 64.2 Å². The van der Waals surface area contributed by atoms with Crippen LogP contribution in [0.15, 0.2) is 181 Å². The number of hydrogen-bond donors (Lipinski definition) is 2. The Kier molecular flexibility index (Phi) is 21.0. The molecule has 0 saturated carbocycles. The second-order valence-electron chi connectivity index (χ2n) is 15.6. The number of para-hydroxylation sites is 2. The zero-order valence-corrected chi connectivity index (χ0v) is 39.8. The number of phenolic OH excluding ortho intramolecular Hbond substituents is 2. The van der Waals surface area contributed by atoms with Gasteiger partial charge in [-0.15, -0.1) is 13.2 Å². The number of rotatable bonds is 18. The van der Waals surface area contributed by atoms with Crippen molar-refractivity contribution in [3.05, 3.63) is 204 Å². The molecule has 0 amide bonds. The Labute approximate surface area is 391 Å². The van der Waals surface area contributed by atoms with Crippen LogP contribution in [0.4, 0.5) is 11.4 Å². The SMILES string of the molecule is C=CCCCOc1ccc(N=Cc2cccc(C(C)(C)c3ccccc3)c2O)cc1.C=CCCCOc1ccc(N=Cc2cccc(C(C)(C)c3ccccc3)c2O)cc1.[Cl][Ti][Cl]. The van der Waals surface area contributed by atoms with Gasteiger partial charge in [-0.3, -0.25) is 9.98 Å². The first-order valence-corrected chi connectivity index (χ1v) is 25.2. The fourth-order valence-corrected chi connectivity index (χ4v) is 6.74. The molecule has 0 bridgehead atoms. The van der Waals surface area contributed by atoms with Crippen molar-refractivity contribution in [2.24, 2.45) is 9.98 Å². The summed E-state index contributed by atoms with van der Waals surface area (Å²) in [7, 11) is 9.78. The summed E-state index contributed by atoms with van der Waals surface area (Å²) in [5.41, 5.74) is 6.42. The molecule has 0 spiro atoms. The van der Waals surface area contributed by atoms with Crippen molar-refractivity contribution >= 4 is 42.4 Å². The zero-order valence-electron chi connectivity index (χ0n) is 36.7. The molecule has 0 aliphatic carbocycles. The van der Waals surface area contributed by atoms with Crippen molar-refractivity contribution < 1.29 is 36.7 Å². The number of allylic oxidation sites excluding steroid dienone is 2. The Morgan fingerprint density at radius 1 is 0.524 bits per heavy atom. The van der Waals surface area contributed by atoms with Gasteiger partial charge in [0.05, 0.1) is 24.6 Å². The fraction of sp³-hybridized carbons (Fsp3) is 0.222. The zero-order chi connectivity index (χ0) is 45.5. The van der Waals surface area contributed by atoms with Crippen LogP contribution in [0.1, 0.15) is 86.8 Å². The molecule has 0 heterocycles. The van der Waals surface area contributed by atoms with E-state index < -0.39 is 17.0 Å². The summed E-state index contributed by atoms with van der Waals surface area (Å²) in [4.78, 5) is 9.06. The number of aromatic hydroxyl groups is 2. The Bertz CT molecular complexity index is 2180. The summed E-state index contributed by atoms with van der Waals surface area (Å²) in [5, 5.41) is 21.9. The van der Waals surface area contributed by atoms with Crippen LogP contribution in [0, 0.1) is 0 Å². The maximum atomic E-state index is 10.9. The molecule has 6 aromatic carbocycles. The fourth-order valence-electron chi connectivity index (χ4n) is 6.74. The Balaban J connectivity index is 0.000000260. The van der Waals surface area contributed by atoms with Crippen molar-refractivity contribution in [1.29, 1.82) is 0 Å². The van der Waals surface area contributed by atoms with Crippen molar-refractivity contribution in [3.8, 4) is 23.0 Å². The van der Waals surface area contributed by atoms with Gasteiger partial charge in [-0.25, -0.2) is 0 Å². The van der Waals surface area contributed by atoms with Gasteiger partial charge in [0.15, 0.2) is 0 Å². The van der Waals surface area contributed by atoms with Crippen molar-refractivity contribution in [1.82, 2.24) is 0 Å². The summed E-state index contributed by atoms with van der Waals surface area (Å²) >= 11 is -0.556. The van der Waals surface area contributed by atoms with Crippen LogP contribution < -0.4 is 9.47 Å². The minimum atomic E-state index is -0.556. The van der Waals surface area contributed by atoms with Crippen LogP contribution >= 0.6 is 18.6 Å². The molecular weight excluding hydrogens is 859 g/mol. The first-order valence-electron chi connectivity index (χ1n) is 20.9. The third-order valence-corrected chi connectivity index (χ3v) is 10.5. The molecular formula is C54H58Cl2N2O4Ti. The molecule has 0 saturated heterocycles. The monoisotopic (exact) mass is 916 g/mol. The second-order valence-corrected chi connectivity index (χ2v) is 18.2. The van der Waals surface area contributed by atoms with Crippen LogP contribution in [0.3, 0.4) is 0 Å². The van der Waals surface area contributed by atoms with E-state index in [9.17, 15) is 10.2 Å². The number of unbranched alkanes of at least 4 members (excludes halogenated alkanes) is 2. The van der Waals surface area contributed by atoms with Crippen molar-refractivity contribution in [2.75, 3.05) is 13.2 Å². The van der Waals surface area contributed by atoms with E-state index in [2.05, 4.69) is 75.1 Å². The molecule has 0 aromatic heterocycles. The molecule has 0 radical (unpaired) electrons. The average molecular weight is 918 g/mol.